The maximum absolute atomic E-state index is 14.3. The number of carbonyl (C=O) groups is 1. The Morgan fingerprint density at radius 2 is 2.03 bits per heavy atom. The Bertz CT molecular complexity index is 1490. The number of nitrogens with one attached hydrogen (secondary N) is 1. The number of nitro groups is 1. The first kappa shape index (κ1) is 25.5. The topological polar surface area (TPSA) is 111 Å². The van der Waals surface area contributed by atoms with E-state index in [2.05, 4.69) is 9.97 Å². The summed E-state index contributed by atoms with van der Waals surface area (Å²) in [5.41, 5.74) is 0.405. The molecule has 2 aromatic carbocycles. The van der Waals surface area contributed by atoms with Gasteiger partial charge in [-0.25, -0.2) is 4.98 Å². The van der Waals surface area contributed by atoms with E-state index in [1.165, 1.54) is 30.3 Å². The summed E-state index contributed by atoms with van der Waals surface area (Å²) in [5, 5.41) is 11.3. The SMILES string of the molecule is CCC(c1nc[nH]c1C1CC1)C(Cc1ccc2oc(-c3ccccc3[N+](=O)[O-])c(C(F)(F)F)c2c1)OC=O. The predicted molar refractivity (Wildman–Crippen MR) is 132 cm³/mol. The maximum Gasteiger partial charge on any atom is 0.420 e. The van der Waals surface area contributed by atoms with Gasteiger partial charge in [-0.1, -0.05) is 25.1 Å². The molecular formula is C27H24F3N3O5. The fraction of sp³-hybridized carbons (Fsp3) is 0.333. The van der Waals surface area contributed by atoms with Crippen LogP contribution in [-0.4, -0.2) is 27.5 Å². The highest BCUT2D eigenvalue weighted by atomic mass is 19.4. The van der Waals surface area contributed by atoms with Crippen molar-refractivity contribution in [2.24, 2.45) is 0 Å². The first-order valence-electron chi connectivity index (χ1n) is 12.2. The van der Waals surface area contributed by atoms with E-state index in [9.17, 15) is 28.1 Å². The van der Waals surface area contributed by atoms with Crippen LogP contribution in [0.5, 0.6) is 0 Å². The van der Waals surface area contributed by atoms with Crippen LogP contribution in [0, 0.1) is 10.1 Å². The second-order valence-electron chi connectivity index (χ2n) is 9.37. The molecule has 38 heavy (non-hydrogen) atoms. The summed E-state index contributed by atoms with van der Waals surface area (Å²) >= 11 is 0. The zero-order valence-corrected chi connectivity index (χ0v) is 20.3. The molecule has 11 heteroatoms. The highest BCUT2D eigenvalue weighted by Gasteiger charge is 2.41. The second kappa shape index (κ2) is 9.96. The number of fused-ring (bicyclic) bond motifs is 1. The van der Waals surface area contributed by atoms with Crippen molar-refractivity contribution in [3.8, 4) is 11.3 Å². The monoisotopic (exact) mass is 527 g/mol. The van der Waals surface area contributed by atoms with Gasteiger partial charge in [0.2, 0.25) is 0 Å². The molecule has 1 aliphatic carbocycles. The Morgan fingerprint density at radius 1 is 1.26 bits per heavy atom. The lowest BCUT2D eigenvalue weighted by Gasteiger charge is -2.24. The van der Waals surface area contributed by atoms with Crippen molar-refractivity contribution in [3.63, 3.8) is 0 Å². The molecule has 5 rings (SSSR count). The number of aromatic amines is 1. The van der Waals surface area contributed by atoms with E-state index >= 15 is 0 Å². The number of nitrogens with zero attached hydrogens (tertiary/aromatic N) is 2. The molecule has 2 unspecified atom stereocenters. The average molecular weight is 527 g/mol. The molecule has 0 bridgehead atoms. The first-order valence-corrected chi connectivity index (χ1v) is 12.2. The number of rotatable bonds is 10. The van der Waals surface area contributed by atoms with Crippen molar-refractivity contribution < 1.29 is 32.0 Å². The molecule has 0 spiro atoms. The van der Waals surface area contributed by atoms with Crippen LogP contribution < -0.4 is 0 Å². The van der Waals surface area contributed by atoms with E-state index in [0.29, 0.717) is 24.4 Å². The van der Waals surface area contributed by atoms with Crippen molar-refractivity contribution in [1.82, 2.24) is 9.97 Å². The van der Waals surface area contributed by atoms with Gasteiger partial charge in [0.1, 0.15) is 17.3 Å². The molecule has 1 N–H and O–H groups in total. The summed E-state index contributed by atoms with van der Waals surface area (Å²) in [6, 6.07) is 9.51. The Balaban J connectivity index is 1.57. The van der Waals surface area contributed by atoms with Gasteiger partial charge in [-0.3, -0.25) is 14.9 Å². The van der Waals surface area contributed by atoms with Crippen LogP contribution in [0.1, 0.15) is 60.5 Å². The Kier molecular flexibility index (Phi) is 6.68. The van der Waals surface area contributed by atoms with E-state index in [1.54, 1.807) is 12.4 Å². The van der Waals surface area contributed by atoms with Gasteiger partial charge in [0.15, 0.2) is 5.76 Å². The minimum Gasteiger partial charge on any atom is -0.464 e. The number of alkyl halides is 3. The van der Waals surface area contributed by atoms with E-state index in [4.69, 9.17) is 9.15 Å². The third kappa shape index (κ3) is 4.75. The largest absolute Gasteiger partial charge is 0.464 e. The normalized spacial score (nSPS) is 15.4. The number of carbonyl (C=O) groups excluding carboxylic acids is 1. The Hall–Kier alpha value is -4.15. The highest BCUT2D eigenvalue weighted by molar-refractivity contribution is 5.90. The zero-order valence-electron chi connectivity index (χ0n) is 20.3. The smallest absolute Gasteiger partial charge is 0.420 e. The van der Waals surface area contributed by atoms with Crippen molar-refractivity contribution in [3.05, 3.63) is 81.4 Å². The molecule has 2 heterocycles. The summed E-state index contributed by atoms with van der Waals surface area (Å²) in [5.74, 6) is -0.489. The molecule has 8 nitrogen and oxygen atoms in total. The van der Waals surface area contributed by atoms with Crippen LogP contribution in [0.4, 0.5) is 18.9 Å². The third-order valence-electron chi connectivity index (χ3n) is 6.97. The van der Waals surface area contributed by atoms with Gasteiger partial charge in [0.25, 0.3) is 12.2 Å². The Labute approximate surface area is 215 Å². The van der Waals surface area contributed by atoms with Crippen LogP contribution in [0.15, 0.2) is 53.2 Å². The number of furan rings is 1. The first-order chi connectivity index (χ1) is 18.2. The minimum absolute atomic E-state index is 0.0579. The molecule has 0 radical (unpaired) electrons. The number of imidazole rings is 1. The molecule has 2 aromatic heterocycles. The van der Waals surface area contributed by atoms with E-state index in [-0.39, 0.29) is 28.9 Å². The van der Waals surface area contributed by atoms with Crippen LogP contribution in [-0.2, 0) is 22.1 Å². The van der Waals surface area contributed by atoms with Gasteiger partial charge < -0.3 is 14.1 Å². The quantitative estimate of drug-likeness (QED) is 0.136. The Morgan fingerprint density at radius 3 is 2.68 bits per heavy atom. The lowest BCUT2D eigenvalue weighted by Crippen LogP contribution is -2.25. The van der Waals surface area contributed by atoms with Crippen LogP contribution in [0.3, 0.4) is 0 Å². The van der Waals surface area contributed by atoms with Crippen molar-refractivity contribution >= 4 is 23.1 Å². The standard InChI is InChI=1S/C27H24F3N3O5/c1-2-17(25-24(16-8-9-16)31-13-32-25)22(37-14-34)12-15-7-10-21-19(11-15)23(27(28,29)30)26(38-21)18-5-3-4-6-20(18)33(35)36/h3-7,10-11,13-14,16-17,22H,2,8-9,12H2,1H3,(H,31,32). The van der Waals surface area contributed by atoms with Crippen molar-refractivity contribution in [1.29, 1.82) is 0 Å². The predicted octanol–water partition coefficient (Wildman–Crippen LogP) is 6.91. The molecule has 198 valence electrons. The molecule has 0 aliphatic heterocycles. The summed E-state index contributed by atoms with van der Waals surface area (Å²) in [6.45, 7) is 2.29. The number of ether oxygens (including phenoxy) is 1. The summed E-state index contributed by atoms with van der Waals surface area (Å²) in [7, 11) is 0. The van der Waals surface area contributed by atoms with E-state index in [0.717, 1.165) is 30.3 Å². The lowest BCUT2D eigenvalue weighted by atomic mass is 9.88. The van der Waals surface area contributed by atoms with Gasteiger partial charge in [0.05, 0.1) is 22.5 Å². The van der Waals surface area contributed by atoms with Gasteiger partial charge in [-0.2, -0.15) is 13.2 Å². The summed E-state index contributed by atoms with van der Waals surface area (Å²) < 4.78 is 54.0. The number of halogens is 3. The van der Waals surface area contributed by atoms with Gasteiger partial charge in [-0.15, -0.1) is 0 Å². The molecule has 1 aliphatic rings. The zero-order chi connectivity index (χ0) is 27.0. The fourth-order valence-electron chi connectivity index (χ4n) is 5.10. The van der Waals surface area contributed by atoms with Crippen molar-refractivity contribution in [2.75, 3.05) is 0 Å². The van der Waals surface area contributed by atoms with E-state index in [1.807, 2.05) is 6.92 Å². The molecule has 2 atom stereocenters. The second-order valence-corrected chi connectivity index (χ2v) is 9.37. The summed E-state index contributed by atoms with van der Waals surface area (Å²) in [4.78, 5) is 29.8. The third-order valence-corrected chi connectivity index (χ3v) is 6.97. The number of nitro benzene ring substituents is 1. The number of benzene rings is 2. The molecule has 1 saturated carbocycles. The van der Waals surface area contributed by atoms with Crippen LogP contribution in [0.25, 0.3) is 22.3 Å². The van der Waals surface area contributed by atoms with Crippen LogP contribution >= 0.6 is 0 Å². The van der Waals surface area contributed by atoms with Crippen molar-refractivity contribution in [2.45, 2.75) is 56.7 Å². The van der Waals surface area contributed by atoms with Gasteiger partial charge in [-0.05, 0) is 43.0 Å². The number of para-hydroxylation sites is 1. The molecule has 0 saturated heterocycles. The maximum atomic E-state index is 14.3. The highest BCUT2D eigenvalue weighted by Crippen LogP contribution is 2.47. The van der Waals surface area contributed by atoms with Crippen LogP contribution in [0.2, 0.25) is 0 Å². The number of H-pyrrole nitrogens is 1. The lowest BCUT2D eigenvalue weighted by molar-refractivity contribution is -0.384. The number of aromatic nitrogens is 2. The molecule has 4 aromatic rings. The minimum atomic E-state index is -4.85. The fourth-order valence-corrected chi connectivity index (χ4v) is 5.10. The number of hydrogen-bond acceptors (Lipinski definition) is 6. The molecule has 0 amide bonds. The molecule has 1 fully saturated rings. The average Bonchev–Trinajstić information content (AvgIpc) is 3.47. The van der Waals surface area contributed by atoms with Gasteiger partial charge in [0, 0.05) is 35.4 Å². The number of hydrogen-bond donors (Lipinski definition) is 1. The molecular weight excluding hydrogens is 503 g/mol. The summed E-state index contributed by atoms with van der Waals surface area (Å²) in [6.07, 6.45) is -1.05. The van der Waals surface area contributed by atoms with Gasteiger partial charge >= 0.3 is 6.18 Å². The van der Waals surface area contributed by atoms with E-state index < -0.39 is 34.2 Å².